The highest BCUT2D eigenvalue weighted by molar-refractivity contribution is 5.91. The molecule has 0 radical (unpaired) electrons. The average molecular weight is 311 g/mol. The van der Waals surface area contributed by atoms with E-state index in [1.165, 1.54) is 35.9 Å². The van der Waals surface area contributed by atoms with Crippen LogP contribution in [0.1, 0.15) is 37.5 Å². The maximum atomic E-state index is 6.10. The molecule has 1 atom stereocenters. The van der Waals surface area contributed by atoms with Gasteiger partial charge in [0.1, 0.15) is 11.3 Å². The van der Waals surface area contributed by atoms with Crippen LogP contribution in [0.3, 0.4) is 0 Å². The quantitative estimate of drug-likeness (QED) is 0.843. The molecule has 122 valence electrons. The Hall–Kier alpha value is -1.58. The van der Waals surface area contributed by atoms with Crippen molar-refractivity contribution in [3.8, 4) is 0 Å². The van der Waals surface area contributed by atoms with Gasteiger partial charge in [-0.2, -0.15) is 0 Å². The molecule has 1 aromatic heterocycles. The molecule has 3 heterocycles. The Bertz CT molecular complexity index is 716. The minimum absolute atomic E-state index is 0.713. The first-order valence-electron chi connectivity index (χ1n) is 8.84. The summed E-state index contributed by atoms with van der Waals surface area (Å²) in [6.07, 6.45) is 6.96. The van der Waals surface area contributed by atoms with Crippen molar-refractivity contribution in [1.29, 1.82) is 0 Å². The summed E-state index contributed by atoms with van der Waals surface area (Å²) in [6.45, 7) is 6.22. The van der Waals surface area contributed by atoms with Gasteiger partial charge in [-0.05, 0) is 56.0 Å². The molecule has 0 aliphatic carbocycles. The van der Waals surface area contributed by atoms with Crippen molar-refractivity contribution in [2.75, 3.05) is 26.3 Å². The number of ether oxygens (including phenoxy) is 1. The summed E-state index contributed by atoms with van der Waals surface area (Å²) < 4.78 is 11.7. The summed E-state index contributed by atoms with van der Waals surface area (Å²) in [5, 5.41) is 1.23. The van der Waals surface area contributed by atoms with E-state index in [-0.39, 0.29) is 0 Å². The van der Waals surface area contributed by atoms with Crippen LogP contribution in [0.15, 0.2) is 34.8 Å². The zero-order valence-electron chi connectivity index (χ0n) is 13.9. The molecule has 0 N–H and O–H groups in total. The first kappa shape index (κ1) is 15.0. The van der Waals surface area contributed by atoms with Crippen LogP contribution in [-0.4, -0.2) is 37.2 Å². The van der Waals surface area contributed by atoms with Crippen molar-refractivity contribution in [3.05, 3.63) is 41.7 Å². The van der Waals surface area contributed by atoms with Gasteiger partial charge in [-0.3, -0.25) is 0 Å². The number of furan rings is 1. The summed E-state index contributed by atoms with van der Waals surface area (Å²) in [5.41, 5.74) is 3.56. The predicted molar refractivity (Wildman–Crippen MR) is 93.6 cm³/mol. The van der Waals surface area contributed by atoms with Gasteiger partial charge >= 0.3 is 0 Å². The molecule has 2 aliphatic heterocycles. The Kier molecular flexibility index (Phi) is 4.23. The van der Waals surface area contributed by atoms with E-state index in [1.54, 1.807) is 0 Å². The molecular formula is C20H25NO2. The molecule has 1 fully saturated rings. The third kappa shape index (κ3) is 3.08. The van der Waals surface area contributed by atoms with Crippen molar-refractivity contribution in [2.24, 2.45) is 0 Å². The van der Waals surface area contributed by atoms with E-state index < -0.39 is 0 Å². The van der Waals surface area contributed by atoms with Crippen LogP contribution in [0.4, 0.5) is 0 Å². The number of likely N-dealkylation sites (tertiary alicyclic amines) is 1. The molecule has 23 heavy (non-hydrogen) atoms. The number of benzene rings is 1. The van der Waals surface area contributed by atoms with E-state index in [0.29, 0.717) is 6.61 Å². The lowest BCUT2D eigenvalue weighted by Crippen LogP contribution is -2.28. The monoisotopic (exact) mass is 311 g/mol. The molecule has 1 unspecified atom stereocenters. The zero-order chi connectivity index (χ0) is 15.6. The van der Waals surface area contributed by atoms with Gasteiger partial charge in [0.25, 0.3) is 0 Å². The minimum Gasteiger partial charge on any atom is -0.461 e. The van der Waals surface area contributed by atoms with E-state index in [4.69, 9.17) is 9.15 Å². The van der Waals surface area contributed by atoms with Gasteiger partial charge in [-0.15, -0.1) is 0 Å². The fourth-order valence-corrected chi connectivity index (χ4v) is 3.84. The second kappa shape index (κ2) is 6.50. The van der Waals surface area contributed by atoms with Crippen LogP contribution in [0.2, 0.25) is 0 Å². The summed E-state index contributed by atoms with van der Waals surface area (Å²) in [4.78, 5) is 2.58. The number of hydrogen-bond acceptors (Lipinski definition) is 3. The molecule has 1 aromatic carbocycles. The molecule has 3 nitrogen and oxygen atoms in total. The molecule has 4 rings (SSSR count). The van der Waals surface area contributed by atoms with Crippen LogP contribution in [0.5, 0.6) is 0 Å². The molecule has 2 aliphatic rings. The smallest absolute Gasteiger partial charge is 0.134 e. The third-order valence-electron chi connectivity index (χ3n) is 5.20. The van der Waals surface area contributed by atoms with Crippen LogP contribution in [0, 0.1) is 0 Å². The van der Waals surface area contributed by atoms with Gasteiger partial charge < -0.3 is 14.1 Å². The molecule has 1 saturated heterocycles. The first-order valence-corrected chi connectivity index (χ1v) is 8.84. The molecule has 3 heteroatoms. The SMILES string of the molecule is CC1CCCN1CCc1cc2c(C3=CCCOC3)cccc2o1. The summed E-state index contributed by atoms with van der Waals surface area (Å²) in [6, 6.07) is 9.30. The Morgan fingerprint density at radius 2 is 2.26 bits per heavy atom. The molecular weight excluding hydrogens is 286 g/mol. The molecule has 0 amide bonds. The Balaban J connectivity index is 1.56. The van der Waals surface area contributed by atoms with Gasteiger partial charge in [0.05, 0.1) is 13.2 Å². The van der Waals surface area contributed by atoms with E-state index in [2.05, 4.69) is 42.2 Å². The van der Waals surface area contributed by atoms with Gasteiger partial charge in [0.15, 0.2) is 0 Å². The molecule has 0 spiro atoms. The third-order valence-corrected chi connectivity index (χ3v) is 5.20. The first-order chi connectivity index (χ1) is 11.3. The van der Waals surface area contributed by atoms with E-state index >= 15 is 0 Å². The number of fused-ring (bicyclic) bond motifs is 1. The molecule has 0 bridgehead atoms. The highest BCUT2D eigenvalue weighted by atomic mass is 16.5. The summed E-state index contributed by atoms with van der Waals surface area (Å²) in [7, 11) is 0. The Labute approximate surface area is 137 Å². The summed E-state index contributed by atoms with van der Waals surface area (Å²) in [5.74, 6) is 1.10. The number of nitrogens with zero attached hydrogens (tertiary/aromatic N) is 1. The fourth-order valence-electron chi connectivity index (χ4n) is 3.84. The number of rotatable bonds is 4. The van der Waals surface area contributed by atoms with Crippen molar-refractivity contribution in [3.63, 3.8) is 0 Å². The Morgan fingerprint density at radius 3 is 3.04 bits per heavy atom. The average Bonchev–Trinajstić information content (AvgIpc) is 3.19. The summed E-state index contributed by atoms with van der Waals surface area (Å²) >= 11 is 0. The lowest BCUT2D eigenvalue weighted by atomic mass is 10.0. The molecule has 2 aromatic rings. The second-order valence-corrected chi connectivity index (χ2v) is 6.78. The van der Waals surface area contributed by atoms with Gasteiger partial charge in [0, 0.05) is 24.4 Å². The van der Waals surface area contributed by atoms with Crippen molar-refractivity contribution < 1.29 is 9.15 Å². The van der Waals surface area contributed by atoms with Crippen molar-refractivity contribution >= 4 is 16.5 Å². The predicted octanol–water partition coefficient (Wildman–Crippen LogP) is 4.26. The lowest BCUT2D eigenvalue weighted by molar-refractivity contribution is 0.164. The van der Waals surface area contributed by atoms with Crippen molar-refractivity contribution in [1.82, 2.24) is 4.90 Å². The Morgan fingerprint density at radius 1 is 1.30 bits per heavy atom. The van der Waals surface area contributed by atoms with Crippen molar-refractivity contribution in [2.45, 2.75) is 38.6 Å². The van der Waals surface area contributed by atoms with Crippen LogP contribution < -0.4 is 0 Å². The maximum absolute atomic E-state index is 6.10. The highest BCUT2D eigenvalue weighted by Crippen LogP contribution is 2.30. The van der Waals surface area contributed by atoms with Gasteiger partial charge in [-0.1, -0.05) is 18.2 Å². The van der Waals surface area contributed by atoms with Gasteiger partial charge in [0.2, 0.25) is 0 Å². The number of hydrogen-bond donors (Lipinski definition) is 0. The van der Waals surface area contributed by atoms with E-state index in [1.807, 2.05) is 0 Å². The largest absolute Gasteiger partial charge is 0.461 e. The maximum Gasteiger partial charge on any atom is 0.134 e. The fraction of sp³-hybridized carbons (Fsp3) is 0.500. The van der Waals surface area contributed by atoms with Gasteiger partial charge in [-0.25, -0.2) is 0 Å². The molecule has 0 saturated carbocycles. The minimum atomic E-state index is 0.713. The topological polar surface area (TPSA) is 25.6 Å². The van der Waals surface area contributed by atoms with E-state index in [0.717, 1.165) is 43.4 Å². The van der Waals surface area contributed by atoms with Crippen LogP contribution >= 0.6 is 0 Å². The zero-order valence-corrected chi connectivity index (χ0v) is 13.9. The van der Waals surface area contributed by atoms with Crippen LogP contribution in [-0.2, 0) is 11.2 Å². The highest BCUT2D eigenvalue weighted by Gasteiger charge is 2.20. The normalized spacial score (nSPS) is 22.7. The second-order valence-electron chi connectivity index (χ2n) is 6.78. The standard InChI is InChI=1S/C20H25NO2/c1-15-5-3-10-21(15)11-9-17-13-19-18(7-2-8-20(19)23-17)16-6-4-12-22-14-16/h2,6-8,13,15H,3-5,9-12,14H2,1H3. The van der Waals surface area contributed by atoms with E-state index in [9.17, 15) is 0 Å². The van der Waals surface area contributed by atoms with Crippen LogP contribution in [0.25, 0.3) is 16.5 Å². The lowest BCUT2D eigenvalue weighted by Gasteiger charge is -2.19.